The minimum Gasteiger partial charge on any atom is -0.317 e. The van der Waals surface area contributed by atoms with Gasteiger partial charge in [-0.15, -0.1) is 12.3 Å². The molecule has 0 rings (SSSR count). The molecule has 0 heterocycles. The van der Waals surface area contributed by atoms with Crippen LogP contribution in [0, 0.1) is 12.3 Å². The Morgan fingerprint density at radius 2 is 0.733 bits per heavy atom. The van der Waals surface area contributed by atoms with E-state index in [9.17, 15) is 0 Å². The molecule has 178 valence electrons. The molecule has 30 heavy (non-hydrogen) atoms. The lowest BCUT2D eigenvalue weighted by molar-refractivity contribution is 0.517. The summed E-state index contributed by atoms with van der Waals surface area (Å²) in [6.07, 6.45) is 39.1. The highest BCUT2D eigenvalue weighted by atomic mass is 14.8. The van der Waals surface area contributed by atoms with Crippen molar-refractivity contribution in [1.82, 2.24) is 5.32 Å². The summed E-state index contributed by atoms with van der Waals surface area (Å²) in [6.45, 7) is 4.63. The lowest BCUT2D eigenvalue weighted by Crippen LogP contribution is -2.16. The molecule has 0 atom stereocenters. The summed E-state index contributed by atoms with van der Waals surface area (Å²) < 4.78 is 0. The molecule has 0 aromatic carbocycles. The van der Waals surface area contributed by atoms with Crippen LogP contribution in [0.25, 0.3) is 0 Å². The van der Waals surface area contributed by atoms with Gasteiger partial charge in [0.05, 0.1) is 0 Å². The van der Waals surface area contributed by atoms with Gasteiger partial charge in [0.15, 0.2) is 0 Å². The lowest BCUT2D eigenvalue weighted by Gasteiger charge is -2.05. The molecule has 1 heteroatoms. The van der Waals surface area contributed by atoms with Crippen LogP contribution in [0.2, 0.25) is 0 Å². The minimum atomic E-state index is 0.932. The molecule has 0 aliphatic carbocycles. The highest BCUT2D eigenvalue weighted by Gasteiger charge is 1.96. The normalized spacial score (nSPS) is 11.1. The molecule has 0 unspecified atom stereocenters. The van der Waals surface area contributed by atoms with Gasteiger partial charge in [0, 0.05) is 6.42 Å². The van der Waals surface area contributed by atoms with Gasteiger partial charge in [-0.25, -0.2) is 0 Å². The molecule has 0 bridgehead atoms. The molecule has 0 aliphatic rings. The van der Waals surface area contributed by atoms with Crippen molar-refractivity contribution < 1.29 is 0 Å². The average Bonchev–Trinajstić information content (AvgIpc) is 2.76. The molecule has 1 N–H and O–H groups in total. The Bertz CT molecular complexity index is 330. The topological polar surface area (TPSA) is 12.0 Å². The quantitative estimate of drug-likeness (QED) is 0.109. The van der Waals surface area contributed by atoms with Crippen molar-refractivity contribution in [2.24, 2.45) is 0 Å². The van der Waals surface area contributed by atoms with Crippen LogP contribution in [0.15, 0.2) is 0 Å². The number of nitrogens with one attached hydrogen (secondary N) is 1. The fourth-order valence-electron chi connectivity index (χ4n) is 4.28. The third-order valence-corrected chi connectivity index (χ3v) is 6.38. The molecular weight excluding hydrogens is 362 g/mol. The Morgan fingerprint density at radius 1 is 0.433 bits per heavy atom. The molecule has 0 fully saturated rings. The SMILES string of the molecule is C#CCCCCNCCCCCCCCCCCCCCCCCCCCCCC. The summed E-state index contributed by atoms with van der Waals surface area (Å²) in [5, 5.41) is 3.54. The molecule has 1 nitrogen and oxygen atoms in total. The Hall–Kier alpha value is -0.480. The molecule has 0 saturated carbocycles. The summed E-state index contributed by atoms with van der Waals surface area (Å²) in [7, 11) is 0. The summed E-state index contributed by atoms with van der Waals surface area (Å²) in [6, 6.07) is 0. The summed E-state index contributed by atoms with van der Waals surface area (Å²) in [5.74, 6) is 2.71. The van der Waals surface area contributed by atoms with Crippen molar-refractivity contribution in [3.05, 3.63) is 0 Å². The second-order valence-electron chi connectivity index (χ2n) is 9.48. The molecule has 0 spiro atoms. The van der Waals surface area contributed by atoms with Crippen LogP contribution in [0.3, 0.4) is 0 Å². The van der Waals surface area contributed by atoms with Crippen LogP contribution in [-0.2, 0) is 0 Å². The monoisotopic (exact) mass is 419 g/mol. The van der Waals surface area contributed by atoms with Gasteiger partial charge in [0.25, 0.3) is 0 Å². The highest BCUT2D eigenvalue weighted by Crippen LogP contribution is 2.15. The van der Waals surface area contributed by atoms with Gasteiger partial charge >= 0.3 is 0 Å². The lowest BCUT2D eigenvalue weighted by atomic mass is 10.0. The van der Waals surface area contributed by atoms with Crippen LogP contribution in [0.5, 0.6) is 0 Å². The fraction of sp³-hybridized carbons (Fsp3) is 0.931. The maximum Gasteiger partial charge on any atom is 0.00865 e. The molecule has 0 amide bonds. The van der Waals surface area contributed by atoms with E-state index in [1.165, 1.54) is 154 Å². The average molecular weight is 420 g/mol. The van der Waals surface area contributed by atoms with Crippen molar-refractivity contribution >= 4 is 0 Å². The van der Waals surface area contributed by atoms with Gasteiger partial charge in [-0.05, 0) is 32.4 Å². The predicted molar refractivity (Wildman–Crippen MR) is 138 cm³/mol. The van der Waals surface area contributed by atoms with Crippen LogP contribution in [0.1, 0.15) is 161 Å². The maximum atomic E-state index is 5.26. The Kier molecular flexibility index (Phi) is 28.1. The number of hydrogen-bond donors (Lipinski definition) is 1. The van der Waals surface area contributed by atoms with E-state index in [4.69, 9.17) is 6.42 Å². The first-order valence-corrected chi connectivity index (χ1v) is 14.1. The van der Waals surface area contributed by atoms with E-state index in [1.807, 2.05) is 0 Å². The number of rotatable bonds is 26. The smallest absolute Gasteiger partial charge is 0.00865 e. The van der Waals surface area contributed by atoms with Gasteiger partial charge in [0.1, 0.15) is 0 Å². The van der Waals surface area contributed by atoms with Gasteiger partial charge in [-0.2, -0.15) is 0 Å². The summed E-state index contributed by atoms with van der Waals surface area (Å²) >= 11 is 0. The Balaban J connectivity index is 2.98. The van der Waals surface area contributed by atoms with Crippen molar-refractivity contribution in [3.63, 3.8) is 0 Å². The third kappa shape index (κ3) is 27.5. The number of hydrogen-bond acceptors (Lipinski definition) is 1. The molecule has 0 aromatic heterocycles. The first kappa shape index (κ1) is 29.5. The van der Waals surface area contributed by atoms with Crippen molar-refractivity contribution in [1.29, 1.82) is 0 Å². The molecule has 0 aliphatic heterocycles. The second kappa shape index (κ2) is 28.5. The fourth-order valence-corrected chi connectivity index (χ4v) is 4.28. The van der Waals surface area contributed by atoms with E-state index in [0.29, 0.717) is 0 Å². The van der Waals surface area contributed by atoms with E-state index in [2.05, 4.69) is 18.2 Å². The molecule has 0 saturated heterocycles. The van der Waals surface area contributed by atoms with Crippen LogP contribution in [0.4, 0.5) is 0 Å². The number of terminal acetylenes is 1. The first-order chi connectivity index (χ1) is 14.9. The first-order valence-electron chi connectivity index (χ1n) is 14.1. The molecule has 0 aromatic rings. The maximum absolute atomic E-state index is 5.26. The van der Waals surface area contributed by atoms with E-state index in [0.717, 1.165) is 13.0 Å². The second-order valence-corrected chi connectivity index (χ2v) is 9.48. The van der Waals surface area contributed by atoms with Crippen LogP contribution in [-0.4, -0.2) is 13.1 Å². The van der Waals surface area contributed by atoms with Crippen molar-refractivity contribution in [2.45, 2.75) is 161 Å². The zero-order chi connectivity index (χ0) is 21.8. The zero-order valence-electron chi connectivity index (χ0n) is 21.0. The Labute approximate surface area is 192 Å². The van der Waals surface area contributed by atoms with E-state index in [1.54, 1.807) is 0 Å². The molecule has 0 radical (unpaired) electrons. The van der Waals surface area contributed by atoms with E-state index >= 15 is 0 Å². The summed E-state index contributed by atoms with van der Waals surface area (Å²) in [4.78, 5) is 0. The van der Waals surface area contributed by atoms with Crippen molar-refractivity contribution in [2.75, 3.05) is 13.1 Å². The van der Waals surface area contributed by atoms with Crippen LogP contribution >= 0.6 is 0 Å². The number of unbranched alkanes of at least 4 members (excludes halogenated alkanes) is 22. The molecular formula is C29H57N. The van der Waals surface area contributed by atoms with E-state index < -0.39 is 0 Å². The largest absolute Gasteiger partial charge is 0.317 e. The Morgan fingerprint density at radius 3 is 1.07 bits per heavy atom. The van der Waals surface area contributed by atoms with Crippen LogP contribution < -0.4 is 5.32 Å². The van der Waals surface area contributed by atoms with Gasteiger partial charge < -0.3 is 5.32 Å². The van der Waals surface area contributed by atoms with Crippen molar-refractivity contribution in [3.8, 4) is 12.3 Å². The summed E-state index contributed by atoms with van der Waals surface area (Å²) in [5.41, 5.74) is 0. The van der Waals surface area contributed by atoms with Gasteiger partial charge in [-0.1, -0.05) is 135 Å². The van der Waals surface area contributed by atoms with E-state index in [-0.39, 0.29) is 0 Å². The predicted octanol–water partition coefficient (Wildman–Crippen LogP) is 9.59. The third-order valence-electron chi connectivity index (χ3n) is 6.38. The standard InChI is InChI=1S/C29H57N/c1-3-5-7-9-10-11-12-13-14-15-16-17-18-19-20-21-22-23-24-25-27-29-30-28-26-8-6-4-2/h2,30H,3,5-29H2,1H3. The zero-order valence-corrected chi connectivity index (χ0v) is 21.0. The highest BCUT2D eigenvalue weighted by molar-refractivity contribution is 4.82. The van der Waals surface area contributed by atoms with Gasteiger partial charge in [-0.3, -0.25) is 0 Å². The van der Waals surface area contributed by atoms with Gasteiger partial charge in [0.2, 0.25) is 0 Å². The minimum absolute atomic E-state index is 0.932.